The van der Waals surface area contributed by atoms with Gasteiger partial charge in [-0.3, -0.25) is 77.3 Å². The van der Waals surface area contributed by atoms with E-state index in [1.165, 1.54) is 53.5 Å². The van der Waals surface area contributed by atoms with Crippen molar-refractivity contribution in [3.8, 4) is 5.75 Å². The lowest BCUT2D eigenvalue weighted by Crippen LogP contribution is -2.61. The number of para-hydroxylation sites is 1. The molecule has 5 aromatic rings. The Morgan fingerprint density at radius 2 is 1.08 bits per heavy atom. The molecular formula is C79H110F3N21O21S. The number of unbranched alkanes of at least 4 members (excludes halogenated alkanes) is 1. The van der Waals surface area contributed by atoms with E-state index in [0.717, 1.165) is 6.92 Å². The van der Waals surface area contributed by atoms with Crippen LogP contribution in [0.5, 0.6) is 5.75 Å². The molecular weight excluding hydrogens is 1670 g/mol. The van der Waals surface area contributed by atoms with Crippen molar-refractivity contribution in [2.75, 3.05) is 51.4 Å². The molecule has 3 aromatic carbocycles. The Labute approximate surface area is 719 Å². The van der Waals surface area contributed by atoms with Crippen LogP contribution in [0.4, 0.5) is 13.2 Å². The summed E-state index contributed by atoms with van der Waals surface area (Å²) < 4.78 is 31.7. The van der Waals surface area contributed by atoms with E-state index in [1.807, 2.05) is 0 Å². The van der Waals surface area contributed by atoms with Gasteiger partial charge in [-0.15, -0.1) is 0 Å². The van der Waals surface area contributed by atoms with Gasteiger partial charge >= 0.3 is 18.1 Å². The van der Waals surface area contributed by atoms with Crippen LogP contribution in [0.2, 0.25) is 0 Å². The van der Waals surface area contributed by atoms with Gasteiger partial charge in [0.1, 0.15) is 78.3 Å². The number of aliphatic hydroxyl groups is 2. The molecule has 0 unspecified atom stereocenters. The van der Waals surface area contributed by atoms with E-state index in [-0.39, 0.29) is 94.1 Å². The Bertz CT molecular complexity index is 4490. The van der Waals surface area contributed by atoms with E-state index in [0.29, 0.717) is 46.9 Å². The first-order valence-electron chi connectivity index (χ1n) is 39.8. The maximum atomic E-state index is 15.2. The van der Waals surface area contributed by atoms with Crippen LogP contribution in [0.25, 0.3) is 10.9 Å². The van der Waals surface area contributed by atoms with Crippen LogP contribution in [0, 0.1) is 11.3 Å². The predicted octanol–water partition coefficient (Wildman–Crippen LogP) is -3.90. The van der Waals surface area contributed by atoms with Gasteiger partial charge in [0.15, 0.2) is 5.96 Å². The maximum absolute atomic E-state index is 15.2. The number of carboxylic acid groups (broad SMARTS) is 2. The second-order valence-corrected chi connectivity index (χ2v) is 30.4. The van der Waals surface area contributed by atoms with E-state index in [9.17, 15) is 91.1 Å². The quantitative estimate of drug-likeness (QED) is 0.0101. The van der Waals surface area contributed by atoms with Gasteiger partial charge < -0.3 is 127 Å². The molecule has 125 heavy (non-hydrogen) atoms. The van der Waals surface area contributed by atoms with E-state index in [1.54, 1.807) is 80.9 Å². The first-order chi connectivity index (χ1) is 59.3. The van der Waals surface area contributed by atoms with E-state index in [2.05, 4.69) is 84.1 Å². The summed E-state index contributed by atoms with van der Waals surface area (Å²) in [6.07, 6.45) is -0.445. The van der Waals surface area contributed by atoms with Crippen LogP contribution in [-0.2, 0) is 102 Å². The summed E-state index contributed by atoms with van der Waals surface area (Å²) in [5.41, 5.74) is 19.3. The second kappa shape index (κ2) is 51.8. The molecule has 0 radical (unpaired) electrons. The van der Waals surface area contributed by atoms with Crippen LogP contribution in [0.1, 0.15) is 107 Å². The highest BCUT2D eigenvalue weighted by atomic mass is 32.2. The lowest BCUT2D eigenvalue weighted by atomic mass is 10.0. The minimum absolute atomic E-state index is 0.00491. The topological polar surface area (TPSA) is 680 Å². The van der Waals surface area contributed by atoms with E-state index in [4.69, 9.17) is 32.5 Å². The molecule has 27 N–H and O–H groups in total. The first-order valence-corrected chi connectivity index (χ1v) is 41.2. The number of phenols is 1. The number of aliphatic hydroxyl groups excluding tert-OH is 2. The number of halogens is 3. The summed E-state index contributed by atoms with van der Waals surface area (Å²) in [6.45, 7) is 2.20. The molecule has 3 heterocycles. The third-order valence-electron chi connectivity index (χ3n) is 19.5. The van der Waals surface area contributed by atoms with Crippen molar-refractivity contribution in [2.45, 2.75) is 189 Å². The van der Waals surface area contributed by atoms with Gasteiger partial charge in [-0.1, -0.05) is 74.5 Å². The molecule has 14 amide bonds. The highest BCUT2D eigenvalue weighted by Gasteiger charge is 2.42. The number of aromatic amines is 2. The van der Waals surface area contributed by atoms with Gasteiger partial charge in [0.05, 0.1) is 26.1 Å². The van der Waals surface area contributed by atoms with Gasteiger partial charge in [-0.25, -0.2) is 9.78 Å². The lowest BCUT2D eigenvalue weighted by molar-refractivity contribution is -0.192. The molecule has 2 aromatic heterocycles. The van der Waals surface area contributed by atoms with E-state index < -0.39 is 218 Å². The Morgan fingerprint density at radius 3 is 1.59 bits per heavy atom. The number of amides is 14. The van der Waals surface area contributed by atoms with Crippen LogP contribution in [-0.4, -0.2) is 276 Å². The zero-order valence-electron chi connectivity index (χ0n) is 69.0. The number of nitrogens with zero attached hydrogens (tertiary/aromatic N) is 2. The number of aromatic hydroxyl groups is 1. The normalized spacial score (nSPS) is 15.0. The SMILES string of the molecule is CSCC[C@H](NC(=O)[C@H](CO)NC(=O)[C@H](Cc1ccc(O)cc1)NC(=O)[C@H](CO)NC(C)=O)C(=O)N[C@@H](CCC(=O)O)C(=O)N[C@@H](Cc1cnc[nH]1)C(=O)N[C@@H](Cc1ccccc1)C(=O)N[C@@H](CCCNC(=N)N)C(=O)N[C@@H](Cc1c[nH]c2ccccc12)C(=O)NCC(=O)N[C@@H](CCCCN)C(=O)N1CCC[C@H]1C(=O)N[C@H](C(N)=O)C(C)C.O=C(O)C(F)(F)F. The Kier molecular flexibility index (Phi) is 42.5. The van der Waals surface area contributed by atoms with Crippen LogP contribution >= 0.6 is 11.8 Å². The zero-order valence-corrected chi connectivity index (χ0v) is 69.8. The number of hydrogen-bond acceptors (Lipinski definition) is 23. The minimum atomic E-state index is -5.08. The smallest absolute Gasteiger partial charge is 0.490 e. The molecule has 0 spiro atoms. The number of carbonyl (C=O) groups excluding carboxylic acids is 14. The fourth-order valence-electron chi connectivity index (χ4n) is 12.9. The van der Waals surface area contributed by atoms with Gasteiger partial charge in [0, 0.05) is 81.1 Å². The van der Waals surface area contributed by atoms with Crippen molar-refractivity contribution in [3.05, 3.63) is 120 Å². The summed E-state index contributed by atoms with van der Waals surface area (Å²) in [6, 6.07) is 2.94. The summed E-state index contributed by atoms with van der Waals surface area (Å²) in [5.74, 6) is -17.7. The number of carbonyl (C=O) groups is 16. The number of benzene rings is 3. The molecule has 1 fully saturated rings. The largest absolute Gasteiger partial charge is 0.508 e. The van der Waals surface area contributed by atoms with Gasteiger partial charge in [0.25, 0.3) is 0 Å². The number of alkyl halides is 3. The number of nitrogens with one attached hydrogen (secondary N) is 16. The number of H-pyrrole nitrogens is 2. The van der Waals surface area contributed by atoms with Crippen LogP contribution in [0.3, 0.4) is 0 Å². The number of rotatable bonds is 50. The number of hydrogen-bond donors (Lipinski definition) is 24. The molecule has 12 atom stereocenters. The van der Waals surface area contributed by atoms with Crippen molar-refractivity contribution in [1.82, 2.24) is 89.0 Å². The summed E-state index contributed by atoms with van der Waals surface area (Å²) in [7, 11) is 0. The molecule has 0 bridgehead atoms. The Balaban J connectivity index is 0.00000379. The number of guanidine groups is 1. The highest BCUT2D eigenvalue weighted by molar-refractivity contribution is 7.98. The molecule has 6 rings (SSSR count). The zero-order chi connectivity index (χ0) is 92.6. The van der Waals surface area contributed by atoms with Crippen molar-refractivity contribution in [3.63, 3.8) is 0 Å². The Morgan fingerprint density at radius 1 is 0.584 bits per heavy atom. The number of fused-ring (bicyclic) bond motifs is 1. The lowest BCUT2D eigenvalue weighted by Gasteiger charge is -2.30. The number of thioether (sulfide) groups is 1. The summed E-state index contributed by atoms with van der Waals surface area (Å²) in [4.78, 5) is 229. The van der Waals surface area contributed by atoms with Gasteiger partial charge in [-0.2, -0.15) is 24.9 Å². The molecule has 684 valence electrons. The fraction of sp³-hybridized carbons (Fsp3) is 0.494. The number of carboxylic acids is 2. The average Bonchev–Trinajstić information content (AvgIpc) is 1.79. The molecule has 1 saturated heterocycles. The molecule has 0 saturated carbocycles. The minimum Gasteiger partial charge on any atom is -0.508 e. The molecule has 42 nitrogen and oxygen atoms in total. The second-order valence-electron chi connectivity index (χ2n) is 29.5. The number of likely N-dealkylation sites (tertiary alicyclic amines) is 1. The summed E-state index contributed by atoms with van der Waals surface area (Å²) >= 11 is 1.23. The highest BCUT2D eigenvalue weighted by Crippen LogP contribution is 2.23. The number of imidazole rings is 1. The average molecular weight is 1780 g/mol. The number of phenolic OH excluding ortho intramolecular Hbond substituents is 1. The number of primary amides is 1. The fourth-order valence-corrected chi connectivity index (χ4v) is 13.4. The number of nitrogens with two attached hydrogens (primary N) is 3. The van der Waals surface area contributed by atoms with Crippen molar-refractivity contribution in [2.24, 2.45) is 23.1 Å². The number of aliphatic carboxylic acids is 2. The van der Waals surface area contributed by atoms with Gasteiger partial charge in [-0.05, 0) is 117 Å². The van der Waals surface area contributed by atoms with Crippen molar-refractivity contribution >= 4 is 123 Å². The van der Waals surface area contributed by atoms with Crippen molar-refractivity contribution in [1.29, 1.82) is 5.41 Å². The third kappa shape index (κ3) is 35.1. The molecule has 0 aliphatic carbocycles. The first kappa shape index (κ1) is 103. The standard InChI is InChI=1S/C77H109N21O19S.C2HF3O2/c1-42(2)64(65(79)106)97-75(116)61-20-13-30-98(61)76(117)54(18-10-11-28-78)88-62(103)38-85-66(107)57(34-46-36-84-50-17-9-8-16-49(46)50)94-67(108)51(19-12-29-83-77(80)81)89-70(111)55(32-44-14-6-5-7-15-44)92-72(113)58(35-47-37-82-41-86-47)95-68(109)52(25-26-63(104)105)90-69(110)53(27-31-118-4)91-74(115)60(40-100)96-71(112)56(33-45-21-23-48(102)24-22-45)93-73(114)59(39-99)87-43(3)101;3-2(4,5)1(6)7/h5-9,14-17,21-24,36-37,41-42,51-61,64,84,99-100,102H,10-13,18-20,25-35,38-40,78H2,1-4H3,(H2,79,106)(H,82,86)(H,85,107)(H,87,101)(H,88,103)(H,89,111)(H,90,110)(H,91,115)(H,92,113)(H,93,114)(H,94,108)(H,95,109)(H,96,112)(H,97,116)(H,104,105)(H4,80,81,83);(H,6,7)/t51-,52-,53-,54-,55-,56-,57-,58-,59-,60-,61-,64-;/m0./s1. The van der Waals surface area contributed by atoms with Gasteiger partial charge in [0.2, 0.25) is 82.7 Å². The Hall–Kier alpha value is -13.0. The summed E-state index contributed by atoms with van der Waals surface area (Å²) in [5, 5.41) is 89.0. The van der Waals surface area contributed by atoms with E-state index >= 15 is 14.4 Å². The number of aromatic nitrogens is 3. The monoisotopic (exact) mass is 1780 g/mol. The molecule has 46 heteroatoms. The third-order valence-corrected chi connectivity index (χ3v) is 20.1. The van der Waals surface area contributed by atoms with Crippen molar-refractivity contribution < 1.29 is 115 Å². The predicted molar refractivity (Wildman–Crippen MR) is 445 cm³/mol. The molecule has 1 aliphatic heterocycles. The van der Waals surface area contributed by atoms with Crippen LogP contribution in [0.15, 0.2) is 97.6 Å². The van der Waals surface area contributed by atoms with Crippen LogP contribution < -0.4 is 86.3 Å². The molecule has 1 aliphatic rings. The maximum Gasteiger partial charge on any atom is 0.490 e.